The first-order chi connectivity index (χ1) is 14.8. The molecule has 3 rings (SSSR count). The maximum absolute atomic E-state index is 12.3. The van der Waals surface area contributed by atoms with E-state index in [1.165, 1.54) is 10.6 Å². The number of hydrogen-bond acceptors (Lipinski definition) is 5. The lowest BCUT2D eigenvalue weighted by molar-refractivity contribution is -0.118. The molecule has 1 N–H and O–H groups in total. The van der Waals surface area contributed by atoms with Crippen molar-refractivity contribution in [2.75, 3.05) is 29.6 Å². The first kappa shape index (κ1) is 22.2. The Morgan fingerprint density at radius 3 is 2.10 bits per heavy atom. The van der Waals surface area contributed by atoms with Crippen LogP contribution in [0, 0.1) is 0 Å². The highest BCUT2D eigenvalue weighted by molar-refractivity contribution is 7.92. The molecule has 0 aliphatic rings. The maximum atomic E-state index is 12.3. The van der Waals surface area contributed by atoms with E-state index in [0.717, 1.165) is 5.56 Å². The van der Waals surface area contributed by atoms with Crippen molar-refractivity contribution in [3.8, 4) is 11.5 Å². The summed E-state index contributed by atoms with van der Waals surface area (Å²) < 4.78 is 36.5. The summed E-state index contributed by atoms with van der Waals surface area (Å²) in [6.45, 7) is 0.0509. The number of methoxy groups -OCH3 is 1. The zero-order chi connectivity index (χ0) is 22.3. The molecule has 8 heteroatoms. The molecule has 0 aromatic heterocycles. The number of nitrogens with one attached hydrogen (secondary N) is 1. The third-order valence-corrected chi connectivity index (χ3v) is 5.58. The molecule has 0 aliphatic heterocycles. The van der Waals surface area contributed by atoms with Crippen molar-refractivity contribution in [3.05, 3.63) is 84.4 Å². The van der Waals surface area contributed by atoms with E-state index in [1.54, 1.807) is 55.6 Å². The summed E-state index contributed by atoms with van der Waals surface area (Å²) in [5, 5.41) is 2.73. The molecule has 0 fully saturated rings. The van der Waals surface area contributed by atoms with E-state index in [1.807, 2.05) is 30.3 Å². The van der Waals surface area contributed by atoms with Crippen molar-refractivity contribution < 1.29 is 22.7 Å². The number of benzene rings is 3. The molecular formula is C23H24N2O5S. The molecule has 0 saturated carbocycles. The number of sulfonamides is 1. The van der Waals surface area contributed by atoms with Gasteiger partial charge in [-0.05, 0) is 54.1 Å². The molecule has 1 amide bonds. The highest BCUT2D eigenvalue weighted by Gasteiger charge is 2.18. The van der Waals surface area contributed by atoms with E-state index in [9.17, 15) is 13.2 Å². The first-order valence-electron chi connectivity index (χ1n) is 9.53. The summed E-state index contributed by atoms with van der Waals surface area (Å²) >= 11 is 0. The van der Waals surface area contributed by atoms with Gasteiger partial charge in [-0.2, -0.15) is 0 Å². The highest BCUT2D eigenvalue weighted by Crippen LogP contribution is 2.24. The second kappa shape index (κ2) is 9.99. The number of anilines is 2. The second-order valence-electron chi connectivity index (χ2n) is 6.81. The van der Waals surface area contributed by atoms with Crippen LogP contribution < -0.4 is 19.1 Å². The minimum Gasteiger partial charge on any atom is -0.497 e. The molecule has 162 valence electrons. The normalized spacial score (nSPS) is 10.9. The Bertz CT molecular complexity index is 1100. The van der Waals surface area contributed by atoms with E-state index in [-0.39, 0.29) is 19.1 Å². The van der Waals surface area contributed by atoms with Gasteiger partial charge in [-0.1, -0.05) is 30.3 Å². The van der Waals surface area contributed by atoms with Crippen molar-refractivity contribution in [2.24, 2.45) is 0 Å². The largest absolute Gasteiger partial charge is 0.497 e. The summed E-state index contributed by atoms with van der Waals surface area (Å²) in [5.41, 5.74) is 2.03. The first-order valence-corrected chi connectivity index (χ1v) is 11.4. The summed E-state index contributed by atoms with van der Waals surface area (Å²) in [6.07, 6.45) is 1.17. The number of ether oxygens (including phenoxy) is 2. The Morgan fingerprint density at radius 1 is 0.903 bits per heavy atom. The predicted octanol–water partition coefficient (Wildman–Crippen LogP) is 3.68. The van der Waals surface area contributed by atoms with Gasteiger partial charge in [0.25, 0.3) is 5.91 Å². The Morgan fingerprint density at radius 2 is 1.52 bits per heavy atom. The fourth-order valence-corrected chi connectivity index (χ4v) is 3.77. The van der Waals surface area contributed by atoms with Gasteiger partial charge in [-0.25, -0.2) is 8.42 Å². The van der Waals surface area contributed by atoms with E-state index < -0.39 is 10.0 Å². The van der Waals surface area contributed by atoms with Gasteiger partial charge in [0, 0.05) is 5.69 Å². The molecule has 0 heterocycles. The number of nitrogens with zero attached hydrogens (tertiary/aromatic N) is 1. The summed E-state index contributed by atoms with van der Waals surface area (Å²) in [7, 11) is -1.90. The van der Waals surface area contributed by atoms with Gasteiger partial charge in [-0.3, -0.25) is 9.10 Å². The predicted molar refractivity (Wildman–Crippen MR) is 121 cm³/mol. The van der Waals surface area contributed by atoms with Crippen LogP contribution in [0.15, 0.2) is 78.9 Å². The smallest absolute Gasteiger partial charge is 0.262 e. The molecule has 0 spiro atoms. The average molecular weight is 441 g/mol. The Labute approximate surface area is 182 Å². The van der Waals surface area contributed by atoms with Gasteiger partial charge in [-0.15, -0.1) is 0 Å². The molecule has 0 saturated heterocycles. The monoisotopic (exact) mass is 440 g/mol. The lowest BCUT2D eigenvalue weighted by Crippen LogP contribution is -2.29. The summed E-state index contributed by atoms with van der Waals surface area (Å²) in [4.78, 5) is 12.1. The molecule has 0 bridgehead atoms. The molecule has 0 unspecified atom stereocenters. The fourth-order valence-electron chi connectivity index (χ4n) is 2.88. The molecule has 3 aromatic rings. The average Bonchev–Trinajstić information content (AvgIpc) is 2.77. The Balaban J connectivity index is 1.60. The molecule has 31 heavy (non-hydrogen) atoms. The lowest BCUT2D eigenvalue weighted by Gasteiger charge is -2.22. The minimum atomic E-state index is -3.47. The van der Waals surface area contributed by atoms with E-state index >= 15 is 0 Å². The van der Waals surface area contributed by atoms with E-state index in [2.05, 4.69) is 5.32 Å². The van der Waals surface area contributed by atoms with Crippen LogP contribution in [0.4, 0.5) is 11.4 Å². The molecular weight excluding hydrogens is 416 g/mol. The van der Waals surface area contributed by atoms with Crippen LogP contribution >= 0.6 is 0 Å². The van der Waals surface area contributed by atoms with Crippen LogP contribution in [0.1, 0.15) is 5.56 Å². The minimum absolute atomic E-state index is 0.175. The van der Waals surface area contributed by atoms with E-state index in [4.69, 9.17) is 9.47 Å². The van der Waals surface area contributed by atoms with Crippen LogP contribution in [0.5, 0.6) is 11.5 Å². The number of amides is 1. The van der Waals surface area contributed by atoms with Gasteiger partial charge in [0.15, 0.2) is 6.61 Å². The van der Waals surface area contributed by atoms with Crippen LogP contribution in [-0.4, -0.2) is 34.3 Å². The lowest BCUT2D eigenvalue weighted by atomic mass is 10.2. The quantitative estimate of drug-likeness (QED) is 0.549. The number of carbonyl (C=O) groups excluding carboxylic acids is 1. The Kier molecular flexibility index (Phi) is 7.15. The van der Waals surface area contributed by atoms with Gasteiger partial charge in [0.2, 0.25) is 10.0 Å². The van der Waals surface area contributed by atoms with Crippen LogP contribution in [0.3, 0.4) is 0 Å². The third kappa shape index (κ3) is 6.48. The van der Waals surface area contributed by atoms with E-state index in [0.29, 0.717) is 22.9 Å². The zero-order valence-corrected chi connectivity index (χ0v) is 18.1. The number of hydrogen-bond donors (Lipinski definition) is 1. The Hall–Kier alpha value is -3.52. The number of rotatable bonds is 9. The highest BCUT2D eigenvalue weighted by atomic mass is 32.2. The van der Waals surface area contributed by atoms with Crippen molar-refractivity contribution in [2.45, 2.75) is 6.54 Å². The topological polar surface area (TPSA) is 84.9 Å². The third-order valence-electron chi connectivity index (χ3n) is 4.44. The molecule has 0 radical (unpaired) electrons. The molecule has 0 aliphatic carbocycles. The summed E-state index contributed by atoms with van der Waals surface area (Å²) in [5.74, 6) is 0.850. The SMILES string of the molecule is COc1ccc(NC(=O)COc2ccc(N(Cc3ccccc3)S(C)(=O)=O)cc2)cc1. The second-order valence-corrected chi connectivity index (χ2v) is 8.72. The van der Waals surface area contributed by atoms with Crippen molar-refractivity contribution in [1.29, 1.82) is 0 Å². The maximum Gasteiger partial charge on any atom is 0.262 e. The zero-order valence-electron chi connectivity index (χ0n) is 17.3. The van der Waals surface area contributed by atoms with Gasteiger partial charge in [0.1, 0.15) is 11.5 Å². The van der Waals surface area contributed by atoms with Gasteiger partial charge < -0.3 is 14.8 Å². The van der Waals surface area contributed by atoms with Crippen LogP contribution in [-0.2, 0) is 21.4 Å². The van der Waals surface area contributed by atoms with Crippen molar-refractivity contribution in [1.82, 2.24) is 0 Å². The summed E-state index contributed by atoms with van der Waals surface area (Å²) in [6, 6.07) is 22.9. The molecule has 3 aromatic carbocycles. The van der Waals surface area contributed by atoms with Gasteiger partial charge in [0.05, 0.1) is 25.6 Å². The van der Waals surface area contributed by atoms with Crippen LogP contribution in [0.25, 0.3) is 0 Å². The van der Waals surface area contributed by atoms with Gasteiger partial charge >= 0.3 is 0 Å². The van der Waals surface area contributed by atoms with Crippen molar-refractivity contribution >= 4 is 27.3 Å². The fraction of sp³-hybridized carbons (Fsp3) is 0.174. The molecule has 0 atom stereocenters. The van der Waals surface area contributed by atoms with Crippen LogP contribution in [0.2, 0.25) is 0 Å². The van der Waals surface area contributed by atoms with Crippen molar-refractivity contribution in [3.63, 3.8) is 0 Å². The standard InChI is InChI=1S/C23H24N2O5S/c1-29-21-12-8-19(9-13-21)24-23(26)17-30-22-14-10-20(11-15-22)25(31(2,27)28)16-18-6-4-3-5-7-18/h3-15H,16-17H2,1-2H3,(H,24,26). The molecule has 7 nitrogen and oxygen atoms in total. The number of carbonyl (C=O) groups is 1.